The molecule has 1 unspecified atom stereocenters. The van der Waals surface area contributed by atoms with Crippen molar-refractivity contribution in [2.75, 3.05) is 31.6 Å². The zero-order valence-electron chi connectivity index (χ0n) is 12.6. The van der Waals surface area contributed by atoms with Crippen LogP contribution in [0, 0.1) is 6.92 Å². The molecule has 2 heterocycles. The molecule has 1 atom stereocenters. The number of nitrogens with one attached hydrogen (secondary N) is 1. The van der Waals surface area contributed by atoms with E-state index in [2.05, 4.69) is 10.3 Å². The number of nitrogen functional groups attached to an aromatic ring is 1. The lowest BCUT2D eigenvalue weighted by atomic mass is 9.99. The second-order valence-electron chi connectivity index (χ2n) is 6.11. The van der Waals surface area contributed by atoms with Crippen molar-refractivity contribution in [1.82, 2.24) is 9.80 Å². The fourth-order valence-electron chi connectivity index (χ4n) is 3.48. The van der Waals surface area contributed by atoms with E-state index >= 15 is 0 Å². The van der Waals surface area contributed by atoms with Crippen molar-refractivity contribution in [2.45, 2.75) is 32.2 Å². The molecule has 0 radical (unpaired) electrons. The molecule has 1 amide bonds. The summed E-state index contributed by atoms with van der Waals surface area (Å²) in [5, 5.41) is 0. The van der Waals surface area contributed by atoms with Gasteiger partial charge >= 0.3 is 0 Å². The van der Waals surface area contributed by atoms with Crippen molar-refractivity contribution in [3.05, 3.63) is 29.3 Å². The number of hydrogen-bond donors (Lipinski definition) is 2. The lowest BCUT2D eigenvalue weighted by Crippen LogP contribution is -2.56. The summed E-state index contributed by atoms with van der Waals surface area (Å²) in [6, 6.07) is 6.21. The molecule has 0 aliphatic carbocycles. The monoisotopic (exact) mass is 288 g/mol. The summed E-state index contributed by atoms with van der Waals surface area (Å²) in [6.07, 6.45) is 3.81. The van der Waals surface area contributed by atoms with Gasteiger partial charge < -0.3 is 10.3 Å². The number of anilines is 1. The van der Waals surface area contributed by atoms with Crippen LogP contribution >= 0.6 is 0 Å². The molecule has 0 spiro atoms. The van der Waals surface area contributed by atoms with Gasteiger partial charge in [-0.3, -0.25) is 15.5 Å². The zero-order valence-corrected chi connectivity index (χ0v) is 12.6. The van der Waals surface area contributed by atoms with Crippen LogP contribution in [-0.2, 0) is 0 Å². The smallest absolute Gasteiger partial charge is 0.253 e. The van der Waals surface area contributed by atoms with Crippen LogP contribution in [0.4, 0.5) is 5.69 Å². The van der Waals surface area contributed by atoms with E-state index in [1.165, 1.54) is 25.8 Å². The largest absolute Gasteiger partial charge is 0.336 e. The molecule has 3 N–H and O–H groups in total. The first-order chi connectivity index (χ1) is 10.2. The van der Waals surface area contributed by atoms with Crippen molar-refractivity contribution in [3.8, 4) is 0 Å². The normalized spacial score (nSPS) is 22.8. The van der Waals surface area contributed by atoms with Gasteiger partial charge in [0.2, 0.25) is 0 Å². The first-order valence-corrected chi connectivity index (χ1v) is 7.79. The first-order valence-electron chi connectivity index (χ1n) is 7.79. The van der Waals surface area contributed by atoms with Gasteiger partial charge in [0, 0.05) is 31.2 Å². The molecule has 21 heavy (non-hydrogen) atoms. The third-order valence-electron chi connectivity index (χ3n) is 4.75. The van der Waals surface area contributed by atoms with Crippen LogP contribution < -0.4 is 11.3 Å². The highest BCUT2D eigenvalue weighted by Crippen LogP contribution is 2.23. The Bertz CT molecular complexity index is 531. The summed E-state index contributed by atoms with van der Waals surface area (Å²) in [4.78, 5) is 17.2. The van der Waals surface area contributed by atoms with Gasteiger partial charge in [0.15, 0.2) is 0 Å². The van der Waals surface area contributed by atoms with E-state index in [9.17, 15) is 4.79 Å². The Morgan fingerprint density at radius 2 is 2.14 bits per heavy atom. The summed E-state index contributed by atoms with van der Waals surface area (Å²) < 4.78 is 0. The second kappa shape index (κ2) is 6.03. The number of nitrogens with two attached hydrogens (primary N) is 1. The van der Waals surface area contributed by atoms with Gasteiger partial charge in [-0.2, -0.15) is 0 Å². The van der Waals surface area contributed by atoms with Crippen LogP contribution in [0.3, 0.4) is 0 Å². The average molecular weight is 288 g/mol. The summed E-state index contributed by atoms with van der Waals surface area (Å²) >= 11 is 0. The van der Waals surface area contributed by atoms with Gasteiger partial charge in [-0.25, -0.2) is 0 Å². The third-order valence-corrected chi connectivity index (χ3v) is 4.75. The molecule has 2 aliphatic heterocycles. The number of aryl methyl sites for hydroxylation is 1. The minimum atomic E-state index is 0.145. The maximum atomic E-state index is 12.7. The van der Waals surface area contributed by atoms with Crippen LogP contribution in [-0.4, -0.2) is 47.9 Å². The molecule has 2 aliphatic rings. The number of hydrazine groups is 1. The minimum Gasteiger partial charge on any atom is -0.336 e. The van der Waals surface area contributed by atoms with Crippen LogP contribution in [0.25, 0.3) is 0 Å². The third kappa shape index (κ3) is 2.89. The van der Waals surface area contributed by atoms with Crippen LogP contribution in [0.2, 0.25) is 0 Å². The Morgan fingerprint density at radius 3 is 2.90 bits per heavy atom. The summed E-state index contributed by atoms with van der Waals surface area (Å²) in [6.45, 7) is 5.88. The number of hydrogen-bond acceptors (Lipinski definition) is 4. The maximum Gasteiger partial charge on any atom is 0.253 e. The van der Waals surface area contributed by atoms with E-state index in [1.807, 2.05) is 30.0 Å². The van der Waals surface area contributed by atoms with Gasteiger partial charge in [-0.1, -0.05) is 6.42 Å². The van der Waals surface area contributed by atoms with E-state index in [-0.39, 0.29) is 5.91 Å². The molecule has 5 nitrogen and oxygen atoms in total. The highest BCUT2D eigenvalue weighted by molar-refractivity contribution is 5.95. The summed E-state index contributed by atoms with van der Waals surface area (Å²) in [5.74, 6) is 5.59. The Hall–Kier alpha value is -1.59. The Labute approximate surface area is 126 Å². The predicted molar refractivity (Wildman–Crippen MR) is 84.1 cm³/mol. The topological polar surface area (TPSA) is 61.6 Å². The number of carbonyl (C=O) groups excluding carboxylic acids is 1. The molecule has 5 heteroatoms. The van der Waals surface area contributed by atoms with Crippen LogP contribution in [0.15, 0.2) is 18.2 Å². The molecular formula is C16H24N4O. The Kier molecular flexibility index (Phi) is 4.12. The highest BCUT2D eigenvalue weighted by atomic mass is 16.2. The Balaban J connectivity index is 1.71. The summed E-state index contributed by atoms with van der Waals surface area (Å²) in [5.41, 5.74) is 5.27. The van der Waals surface area contributed by atoms with E-state index < -0.39 is 0 Å². The number of piperidine rings is 1. The van der Waals surface area contributed by atoms with E-state index in [4.69, 9.17) is 5.84 Å². The molecule has 114 valence electrons. The molecule has 1 aromatic carbocycles. The van der Waals surface area contributed by atoms with E-state index in [0.717, 1.165) is 36.4 Å². The molecule has 2 fully saturated rings. The molecule has 1 aromatic rings. The number of rotatable bonds is 2. The van der Waals surface area contributed by atoms with Gasteiger partial charge in [-0.15, -0.1) is 0 Å². The number of fused-ring (bicyclic) bond motifs is 1. The molecular weight excluding hydrogens is 264 g/mol. The van der Waals surface area contributed by atoms with Crippen molar-refractivity contribution in [3.63, 3.8) is 0 Å². The minimum absolute atomic E-state index is 0.145. The van der Waals surface area contributed by atoms with Gasteiger partial charge in [-0.05, 0) is 50.1 Å². The quantitative estimate of drug-likeness (QED) is 0.641. The molecule has 0 saturated carbocycles. The lowest BCUT2D eigenvalue weighted by molar-refractivity contribution is 0.0372. The number of piperazine rings is 1. The molecule has 0 bridgehead atoms. The van der Waals surface area contributed by atoms with Crippen LogP contribution in [0.1, 0.15) is 35.2 Å². The average Bonchev–Trinajstić information content (AvgIpc) is 2.53. The first kappa shape index (κ1) is 14.4. The van der Waals surface area contributed by atoms with Gasteiger partial charge in [0.05, 0.1) is 5.69 Å². The molecule has 3 rings (SSSR count). The number of benzene rings is 1. The highest BCUT2D eigenvalue weighted by Gasteiger charge is 2.31. The van der Waals surface area contributed by atoms with Crippen molar-refractivity contribution in [1.29, 1.82) is 0 Å². The SMILES string of the molecule is Cc1cc(C(=O)N2CCN3CCCCC3C2)ccc1NN. The predicted octanol–water partition coefficient (Wildman–Crippen LogP) is 1.59. The van der Waals surface area contributed by atoms with Crippen molar-refractivity contribution < 1.29 is 4.79 Å². The standard InChI is InChI=1S/C16H24N4O/c1-12-10-13(5-6-15(12)18-17)16(21)20-9-8-19-7-3-2-4-14(19)11-20/h5-6,10,14,18H,2-4,7-9,11,17H2,1H3. The van der Waals surface area contributed by atoms with Gasteiger partial charge in [0.1, 0.15) is 0 Å². The maximum absolute atomic E-state index is 12.7. The second-order valence-corrected chi connectivity index (χ2v) is 6.11. The van der Waals surface area contributed by atoms with Crippen molar-refractivity contribution >= 4 is 11.6 Å². The Morgan fingerprint density at radius 1 is 1.29 bits per heavy atom. The number of nitrogens with zero attached hydrogens (tertiary/aromatic N) is 2. The molecule has 0 aromatic heterocycles. The zero-order chi connectivity index (χ0) is 14.8. The lowest BCUT2D eigenvalue weighted by Gasteiger charge is -2.44. The van der Waals surface area contributed by atoms with Crippen molar-refractivity contribution in [2.24, 2.45) is 5.84 Å². The number of amides is 1. The summed E-state index contributed by atoms with van der Waals surface area (Å²) in [7, 11) is 0. The number of carbonyl (C=O) groups is 1. The fourth-order valence-corrected chi connectivity index (χ4v) is 3.48. The van der Waals surface area contributed by atoms with E-state index in [0.29, 0.717) is 6.04 Å². The van der Waals surface area contributed by atoms with Gasteiger partial charge in [0.25, 0.3) is 5.91 Å². The molecule has 2 saturated heterocycles. The van der Waals surface area contributed by atoms with E-state index in [1.54, 1.807) is 0 Å². The fraction of sp³-hybridized carbons (Fsp3) is 0.562. The van der Waals surface area contributed by atoms with Crippen LogP contribution in [0.5, 0.6) is 0 Å².